The number of amides is 2. The van der Waals surface area contributed by atoms with E-state index in [0.29, 0.717) is 0 Å². The molecule has 6 heteroatoms. The van der Waals surface area contributed by atoms with Gasteiger partial charge in [-0.3, -0.25) is 19.7 Å². The van der Waals surface area contributed by atoms with Crippen LogP contribution in [0, 0.1) is 0 Å². The molecule has 1 rings (SSSR count). The highest BCUT2D eigenvalue weighted by Crippen LogP contribution is 2.09. The van der Waals surface area contributed by atoms with Gasteiger partial charge in [-0.1, -0.05) is 0 Å². The summed E-state index contributed by atoms with van der Waals surface area (Å²) in [6.45, 7) is 0. The summed E-state index contributed by atoms with van der Waals surface area (Å²) in [6, 6.07) is -1.15. The van der Waals surface area contributed by atoms with Gasteiger partial charge in [-0.15, -0.1) is 0 Å². The van der Waals surface area contributed by atoms with Crippen LogP contribution >= 0.6 is 0 Å². The molecule has 13 heavy (non-hydrogen) atoms. The van der Waals surface area contributed by atoms with Crippen molar-refractivity contribution in [2.75, 3.05) is 0 Å². The summed E-state index contributed by atoms with van der Waals surface area (Å²) in [6.07, 6.45) is 0.929. The van der Waals surface area contributed by atoms with Gasteiger partial charge >= 0.3 is 5.97 Å². The van der Waals surface area contributed by atoms with Gasteiger partial charge in [0.15, 0.2) is 0 Å². The molecule has 1 aliphatic heterocycles. The molecule has 4 N–H and O–H groups in total. The predicted octanol–water partition coefficient (Wildman–Crippen LogP) is -1.63. The van der Waals surface area contributed by atoms with Gasteiger partial charge in [-0.05, 0) is 0 Å². The Morgan fingerprint density at radius 1 is 1.62 bits per heavy atom. The maximum Gasteiger partial charge on any atom is 0.320 e. The van der Waals surface area contributed by atoms with Crippen LogP contribution in [0.1, 0.15) is 6.42 Å². The van der Waals surface area contributed by atoms with Gasteiger partial charge < -0.3 is 10.8 Å². The molecule has 2 amide bonds. The summed E-state index contributed by atoms with van der Waals surface area (Å²) in [5, 5.41) is 10.4. The molecule has 0 radical (unpaired) electrons. The SMILES string of the molecule is N[C@@H](CC1=CC(=O)NC1=O)C(=O)O. The lowest BCUT2D eigenvalue weighted by Crippen LogP contribution is -2.32. The summed E-state index contributed by atoms with van der Waals surface area (Å²) >= 11 is 0. The van der Waals surface area contributed by atoms with E-state index in [1.165, 1.54) is 0 Å². The summed E-state index contributed by atoms with van der Waals surface area (Å²) in [4.78, 5) is 31.8. The second-order valence-electron chi connectivity index (χ2n) is 2.64. The number of hydrogen-bond acceptors (Lipinski definition) is 4. The molecule has 0 aromatic rings. The van der Waals surface area contributed by atoms with E-state index < -0.39 is 23.8 Å². The van der Waals surface area contributed by atoms with E-state index in [1.807, 2.05) is 5.32 Å². The van der Waals surface area contributed by atoms with Crippen molar-refractivity contribution in [3.8, 4) is 0 Å². The maximum absolute atomic E-state index is 10.9. The molecule has 0 spiro atoms. The Morgan fingerprint density at radius 2 is 2.23 bits per heavy atom. The van der Waals surface area contributed by atoms with Crippen LogP contribution in [0.5, 0.6) is 0 Å². The zero-order valence-electron chi connectivity index (χ0n) is 6.61. The number of carboxylic acid groups (broad SMARTS) is 1. The number of nitrogens with one attached hydrogen (secondary N) is 1. The third-order valence-corrected chi connectivity index (χ3v) is 1.59. The lowest BCUT2D eigenvalue weighted by molar-refractivity contribution is -0.138. The first-order valence-corrected chi connectivity index (χ1v) is 3.55. The van der Waals surface area contributed by atoms with E-state index >= 15 is 0 Å². The zero-order chi connectivity index (χ0) is 10.0. The number of hydrogen-bond donors (Lipinski definition) is 3. The van der Waals surface area contributed by atoms with E-state index in [9.17, 15) is 14.4 Å². The van der Waals surface area contributed by atoms with Crippen LogP contribution in [0.25, 0.3) is 0 Å². The predicted molar refractivity (Wildman–Crippen MR) is 41.5 cm³/mol. The smallest absolute Gasteiger partial charge is 0.320 e. The molecule has 0 saturated carbocycles. The molecule has 0 aromatic heterocycles. The first-order chi connectivity index (χ1) is 6.00. The van der Waals surface area contributed by atoms with E-state index in [-0.39, 0.29) is 12.0 Å². The van der Waals surface area contributed by atoms with Crippen molar-refractivity contribution in [2.24, 2.45) is 5.73 Å². The van der Waals surface area contributed by atoms with Gasteiger partial charge in [-0.25, -0.2) is 0 Å². The molecule has 70 valence electrons. The van der Waals surface area contributed by atoms with Crippen molar-refractivity contribution < 1.29 is 19.5 Å². The molecule has 0 aliphatic carbocycles. The number of carbonyl (C=O) groups is 3. The molecule has 1 aliphatic rings. The van der Waals surface area contributed by atoms with Gasteiger partial charge in [0.25, 0.3) is 11.8 Å². The van der Waals surface area contributed by atoms with E-state index in [2.05, 4.69) is 0 Å². The minimum atomic E-state index is -1.20. The lowest BCUT2D eigenvalue weighted by atomic mass is 10.1. The van der Waals surface area contributed by atoms with Gasteiger partial charge in [0.05, 0.1) is 0 Å². The Morgan fingerprint density at radius 3 is 2.62 bits per heavy atom. The Balaban J connectivity index is 2.64. The zero-order valence-corrected chi connectivity index (χ0v) is 6.61. The van der Waals surface area contributed by atoms with Crippen molar-refractivity contribution in [3.63, 3.8) is 0 Å². The molecule has 0 unspecified atom stereocenters. The minimum absolute atomic E-state index is 0.111. The molecular formula is C7H8N2O4. The monoisotopic (exact) mass is 184 g/mol. The number of rotatable bonds is 3. The average Bonchev–Trinajstić information content (AvgIpc) is 2.30. The number of imide groups is 1. The Hall–Kier alpha value is -1.69. The van der Waals surface area contributed by atoms with Crippen molar-refractivity contribution in [1.82, 2.24) is 5.32 Å². The van der Waals surface area contributed by atoms with E-state index in [0.717, 1.165) is 6.08 Å². The summed E-state index contributed by atoms with van der Waals surface area (Å²) in [7, 11) is 0. The fraction of sp³-hybridized carbons (Fsp3) is 0.286. The highest BCUT2D eigenvalue weighted by molar-refractivity contribution is 6.16. The summed E-state index contributed by atoms with van der Waals surface area (Å²) < 4.78 is 0. The lowest BCUT2D eigenvalue weighted by Gasteiger charge is -2.04. The standard InChI is InChI=1S/C7H8N2O4/c8-4(7(12)13)1-3-2-5(10)9-6(3)11/h2,4H,1,8H2,(H,12,13)(H,9,10,11)/t4-/m0/s1. The van der Waals surface area contributed by atoms with Crippen LogP contribution < -0.4 is 11.1 Å². The molecule has 0 saturated heterocycles. The van der Waals surface area contributed by atoms with E-state index in [4.69, 9.17) is 10.8 Å². The highest BCUT2D eigenvalue weighted by atomic mass is 16.4. The second-order valence-corrected chi connectivity index (χ2v) is 2.64. The fourth-order valence-electron chi connectivity index (χ4n) is 0.928. The van der Waals surface area contributed by atoms with Gasteiger partial charge in [0, 0.05) is 18.1 Å². The summed E-state index contributed by atoms with van der Waals surface area (Å²) in [5.41, 5.74) is 5.28. The van der Waals surface area contributed by atoms with Gasteiger partial charge in [-0.2, -0.15) is 0 Å². The first-order valence-electron chi connectivity index (χ1n) is 3.55. The average molecular weight is 184 g/mol. The molecule has 0 aromatic carbocycles. The quantitative estimate of drug-likeness (QED) is 0.456. The maximum atomic E-state index is 10.9. The van der Waals surface area contributed by atoms with Crippen molar-refractivity contribution in [1.29, 1.82) is 0 Å². The summed E-state index contributed by atoms with van der Waals surface area (Å²) in [5.74, 6) is -2.30. The van der Waals surface area contributed by atoms with Gasteiger partial charge in [0.1, 0.15) is 6.04 Å². The molecule has 1 atom stereocenters. The molecule has 0 bridgehead atoms. The second kappa shape index (κ2) is 3.36. The third-order valence-electron chi connectivity index (χ3n) is 1.59. The molecule has 6 nitrogen and oxygen atoms in total. The normalized spacial score (nSPS) is 18.1. The van der Waals surface area contributed by atoms with Crippen LogP contribution in [-0.2, 0) is 14.4 Å². The Bertz CT molecular complexity index is 308. The number of aliphatic carboxylic acids is 1. The Kier molecular flexibility index (Phi) is 2.43. The number of nitrogens with two attached hydrogens (primary N) is 1. The van der Waals surface area contributed by atoms with Crippen LogP contribution in [0.4, 0.5) is 0 Å². The number of carbonyl (C=O) groups excluding carboxylic acids is 2. The molecule has 1 heterocycles. The molecular weight excluding hydrogens is 176 g/mol. The van der Waals surface area contributed by atoms with Crippen LogP contribution in [-0.4, -0.2) is 28.9 Å². The Labute approximate surface area is 73.4 Å². The van der Waals surface area contributed by atoms with Crippen LogP contribution in [0.15, 0.2) is 11.6 Å². The van der Waals surface area contributed by atoms with Crippen LogP contribution in [0.3, 0.4) is 0 Å². The molecule has 0 fully saturated rings. The third kappa shape index (κ3) is 2.12. The minimum Gasteiger partial charge on any atom is -0.480 e. The number of carboxylic acids is 1. The first kappa shape index (κ1) is 9.40. The largest absolute Gasteiger partial charge is 0.480 e. The van der Waals surface area contributed by atoms with Crippen molar-refractivity contribution in [3.05, 3.63) is 11.6 Å². The highest BCUT2D eigenvalue weighted by Gasteiger charge is 2.24. The topological polar surface area (TPSA) is 109 Å². The fourth-order valence-corrected chi connectivity index (χ4v) is 0.928. The van der Waals surface area contributed by atoms with Crippen molar-refractivity contribution in [2.45, 2.75) is 12.5 Å². The van der Waals surface area contributed by atoms with Crippen LogP contribution in [0.2, 0.25) is 0 Å². The van der Waals surface area contributed by atoms with Crippen molar-refractivity contribution >= 4 is 17.8 Å². The van der Waals surface area contributed by atoms with E-state index in [1.54, 1.807) is 0 Å². The van der Waals surface area contributed by atoms with Gasteiger partial charge in [0.2, 0.25) is 0 Å².